The van der Waals surface area contributed by atoms with Crippen LogP contribution in [-0.2, 0) is 13.2 Å². The molecule has 0 radical (unpaired) electrons. The third kappa shape index (κ3) is 1.62. The number of phenols is 1. The van der Waals surface area contributed by atoms with Crippen LogP contribution < -0.4 is 0 Å². The molecule has 0 heterocycles. The largest absolute Gasteiger partial charge is 0.507 e. The van der Waals surface area contributed by atoms with E-state index < -0.39 is 0 Å². The third-order valence-corrected chi connectivity index (χ3v) is 2.26. The van der Waals surface area contributed by atoms with Gasteiger partial charge in [-0.15, -0.1) is 0 Å². The van der Waals surface area contributed by atoms with Crippen molar-refractivity contribution in [3.05, 3.63) is 28.3 Å². The topological polar surface area (TPSA) is 77.8 Å². The van der Waals surface area contributed by atoms with Crippen molar-refractivity contribution in [3.8, 4) is 5.75 Å². The summed E-state index contributed by atoms with van der Waals surface area (Å²) in [5.74, 6) is -0.141. The number of hydrogen-bond acceptors (Lipinski definition) is 4. The summed E-state index contributed by atoms with van der Waals surface area (Å²) >= 11 is 0. The van der Waals surface area contributed by atoms with Gasteiger partial charge in [-0.05, 0) is 18.6 Å². The second-order valence-electron chi connectivity index (χ2n) is 3.01. The van der Waals surface area contributed by atoms with Gasteiger partial charge >= 0.3 is 0 Å². The molecule has 0 saturated carbocycles. The predicted octanol–water partition coefficient (Wildman–Crippen LogP) is 0.498. The smallest absolute Gasteiger partial charge is 0.150 e. The summed E-state index contributed by atoms with van der Waals surface area (Å²) in [4.78, 5) is 10.6. The van der Waals surface area contributed by atoms with E-state index in [9.17, 15) is 9.90 Å². The van der Waals surface area contributed by atoms with Crippen molar-refractivity contribution in [3.63, 3.8) is 0 Å². The number of carbonyl (C=O) groups excluding carboxylic acids is 1. The number of carbonyl (C=O) groups is 1. The molecule has 0 atom stereocenters. The molecule has 1 aromatic rings. The standard InChI is InChI=1S/C10H12O4/c1-6-7(3-11)2-8(4-12)10(14)9(6)5-13/h2-3,12-14H,4-5H2,1H3. The Kier molecular flexibility index (Phi) is 3.22. The highest BCUT2D eigenvalue weighted by molar-refractivity contribution is 5.79. The Balaban J connectivity index is 3.46. The van der Waals surface area contributed by atoms with Gasteiger partial charge in [-0.25, -0.2) is 0 Å². The van der Waals surface area contributed by atoms with Crippen molar-refractivity contribution in [1.82, 2.24) is 0 Å². The summed E-state index contributed by atoms with van der Waals surface area (Å²) in [6, 6.07) is 1.41. The van der Waals surface area contributed by atoms with Gasteiger partial charge in [0.1, 0.15) is 12.0 Å². The van der Waals surface area contributed by atoms with E-state index in [1.807, 2.05) is 0 Å². The van der Waals surface area contributed by atoms with Crippen LogP contribution >= 0.6 is 0 Å². The highest BCUT2D eigenvalue weighted by atomic mass is 16.3. The van der Waals surface area contributed by atoms with E-state index >= 15 is 0 Å². The molecule has 0 spiro atoms. The molecule has 14 heavy (non-hydrogen) atoms. The van der Waals surface area contributed by atoms with Gasteiger partial charge in [-0.2, -0.15) is 0 Å². The number of aromatic hydroxyl groups is 1. The van der Waals surface area contributed by atoms with Crippen LogP contribution in [0.15, 0.2) is 6.07 Å². The molecule has 3 N–H and O–H groups in total. The van der Waals surface area contributed by atoms with Crippen LogP contribution in [-0.4, -0.2) is 21.6 Å². The lowest BCUT2D eigenvalue weighted by Gasteiger charge is -2.11. The molecule has 4 nitrogen and oxygen atoms in total. The van der Waals surface area contributed by atoms with Gasteiger partial charge in [0.2, 0.25) is 0 Å². The predicted molar refractivity (Wildman–Crippen MR) is 50.1 cm³/mol. The molecule has 1 rings (SSSR count). The van der Waals surface area contributed by atoms with Gasteiger partial charge in [-0.3, -0.25) is 4.79 Å². The Bertz CT molecular complexity index is 358. The summed E-state index contributed by atoms with van der Waals surface area (Å²) in [6.45, 7) is 0.919. The fourth-order valence-electron chi connectivity index (χ4n) is 1.35. The first-order chi connectivity index (χ1) is 6.65. The van der Waals surface area contributed by atoms with Gasteiger partial charge in [0.25, 0.3) is 0 Å². The van der Waals surface area contributed by atoms with Gasteiger partial charge in [0.05, 0.1) is 13.2 Å². The van der Waals surface area contributed by atoms with Crippen molar-refractivity contribution < 1.29 is 20.1 Å². The Morgan fingerprint density at radius 1 is 1.36 bits per heavy atom. The highest BCUT2D eigenvalue weighted by Crippen LogP contribution is 2.28. The first kappa shape index (κ1) is 10.7. The SMILES string of the molecule is Cc1c(C=O)cc(CO)c(O)c1CO. The minimum absolute atomic E-state index is 0.141. The Hall–Kier alpha value is -1.39. The molecule has 76 valence electrons. The Labute approximate surface area is 81.4 Å². The summed E-state index contributed by atoms with van der Waals surface area (Å²) in [7, 11) is 0. The second kappa shape index (κ2) is 4.21. The zero-order chi connectivity index (χ0) is 10.7. The van der Waals surface area contributed by atoms with Gasteiger partial charge in [-0.1, -0.05) is 0 Å². The number of rotatable bonds is 3. The third-order valence-electron chi connectivity index (χ3n) is 2.26. The lowest BCUT2D eigenvalue weighted by atomic mass is 9.98. The van der Waals surface area contributed by atoms with Crippen molar-refractivity contribution in [2.45, 2.75) is 20.1 Å². The highest BCUT2D eigenvalue weighted by Gasteiger charge is 2.12. The minimum atomic E-state index is -0.361. The summed E-state index contributed by atoms with van der Waals surface area (Å²) < 4.78 is 0. The van der Waals surface area contributed by atoms with E-state index in [2.05, 4.69) is 0 Å². The van der Waals surface area contributed by atoms with Crippen LogP contribution in [0.3, 0.4) is 0 Å². The van der Waals surface area contributed by atoms with Gasteiger partial charge < -0.3 is 15.3 Å². The average Bonchev–Trinajstić information content (AvgIpc) is 2.19. The van der Waals surface area contributed by atoms with E-state index in [0.29, 0.717) is 23.0 Å². The molecule has 0 fully saturated rings. The van der Waals surface area contributed by atoms with Crippen LogP contribution in [0.25, 0.3) is 0 Å². The van der Waals surface area contributed by atoms with E-state index in [-0.39, 0.29) is 24.5 Å². The maximum absolute atomic E-state index is 10.6. The van der Waals surface area contributed by atoms with E-state index in [1.54, 1.807) is 6.92 Å². The van der Waals surface area contributed by atoms with Gasteiger partial charge in [0.15, 0.2) is 0 Å². The molecule has 0 unspecified atom stereocenters. The first-order valence-corrected chi connectivity index (χ1v) is 4.16. The van der Waals surface area contributed by atoms with Crippen LogP contribution in [0.5, 0.6) is 5.75 Å². The number of benzene rings is 1. The van der Waals surface area contributed by atoms with Gasteiger partial charge in [0, 0.05) is 16.7 Å². The monoisotopic (exact) mass is 196 g/mol. The molecule has 0 saturated heterocycles. The number of aliphatic hydroxyl groups excluding tert-OH is 2. The van der Waals surface area contributed by atoms with Crippen LogP contribution in [0.1, 0.15) is 27.0 Å². The molecule has 0 aliphatic rings. The van der Waals surface area contributed by atoms with Crippen molar-refractivity contribution in [1.29, 1.82) is 0 Å². The number of aliphatic hydroxyl groups is 2. The quantitative estimate of drug-likeness (QED) is 0.615. The minimum Gasteiger partial charge on any atom is -0.507 e. The molecule has 0 aromatic heterocycles. The maximum Gasteiger partial charge on any atom is 0.150 e. The average molecular weight is 196 g/mol. The number of hydrogen-bond donors (Lipinski definition) is 3. The maximum atomic E-state index is 10.6. The molecule has 0 bridgehead atoms. The fraction of sp³-hybridized carbons (Fsp3) is 0.300. The molecular weight excluding hydrogens is 184 g/mol. The Morgan fingerprint density at radius 3 is 2.43 bits per heavy atom. The number of aldehydes is 1. The van der Waals surface area contributed by atoms with Crippen molar-refractivity contribution in [2.75, 3.05) is 0 Å². The van der Waals surface area contributed by atoms with Crippen molar-refractivity contribution >= 4 is 6.29 Å². The van der Waals surface area contributed by atoms with E-state index in [0.717, 1.165) is 0 Å². The second-order valence-corrected chi connectivity index (χ2v) is 3.01. The fourth-order valence-corrected chi connectivity index (χ4v) is 1.35. The van der Waals surface area contributed by atoms with E-state index in [4.69, 9.17) is 10.2 Å². The zero-order valence-corrected chi connectivity index (χ0v) is 7.82. The summed E-state index contributed by atoms with van der Waals surface area (Å²) in [5.41, 5.74) is 1.45. The molecular formula is C10H12O4. The van der Waals surface area contributed by atoms with Crippen LogP contribution in [0.4, 0.5) is 0 Å². The molecule has 4 heteroatoms. The van der Waals surface area contributed by atoms with Crippen LogP contribution in [0.2, 0.25) is 0 Å². The molecule has 0 amide bonds. The lowest BCUT2D eigenvalue weighted by molar-refractivity contribution is 0.112. The molecule has 0 aliphatic heterocycles. The lowest BCUT2D eigenvalue weighted by Crippen LogP contribution is -1.99. The summed E-state index contributed by atoms with van der Waals surface area (Å²) in [6.07, 6.45) is 0.632. The zero-order valence-electron chi connectivity index (χ0n) is 7.82. The molecule has 1 aromatic carbocycles. The first-order valence-electron chi connectivity index (χ1n) is 4.16. The van der Waals surface area contributed by atoms with E-state index in [1.165, 1.54) is 6.07 Å². The van der Waals surface area contributed by atoms with Crippen molar-refractivity contribution in [2.24, 2.45) is 0 Å². The summed E-state index contributed by atoms with van der Waals surface area (Å²) in [5, 5.41) is 27.4. The Morgan fingerprint density at radius 2 is 2.00 bits per heavy atom. The molecule has 0 aliphatic carbocycles. The van der Waals surface area contributed by atoms with Crippen LogP contribution in [0, 0.1) is 6.92 Å². The normalized spacial score (nSPS) is 10.2.